The first kappa shape index (κ1) is 18.8. The Morgan fingerprint density at radius 1 is 0.929 bits per heavy atom. The van der Waals surface area contributed by atoms with Crippen molar-refractivity contribution in [3.63, 3.8) is 0 Å². The van der Waals surface area contributed by atoms with Gasteiger partial charge in [0.1, 0.15) is 0 Å². The lowest BCUT2D eigenvalue weighted by atomic mass is 10.00. The summed E-state index contributed by atoms with van der Waals surface area (Å²) < 4.78 is 0. The first-order valence-corrected chi connectivity index (χ1v) is 10.5. The number of nitrogens with zero attached hydrogens (tertiary/aromatic N) is 1. The Kier molecular flexibility index (Phi) is 5.23. The number of anilines is 1. The van der Waals surface area contributed by atoms with Gasteiger partial charge in [-0.2, -0.15) is 0 Å². The number of carbonyl (C=O) groups is 2. The molecule has 2 aromatic rings. The highest BCUT2D eigenvalue weighted by Crippen LogP contribution is 2.44. The Morgan fingerprint density at radius 2 is 1.57 bits per heavy atom. The predicted molar refractivity (Wildman–Crippen MR) is 116 cm³/mol. The van der Waals surface area contributed by atoms with Crippen molar-refractivity contribution >= 4 is 33.9 Å². The summed E-state index contributed by atoms with van der Waals surface area (Å²) in [5.41, 5.74) is 4.46. The van der Waals surface area contributed by atoms with Gasteiger partial charge in [0, 0.05) is 40.8 Å². The molecule has 0 amide bonds. The maximum absolute atomic E-state index is 12.6. The zero-order valence-corrected chi connectivity index (χ0v) is 17.0. The van der Waals surface area contributed by atoms with E-state index in [1.165, 1.54) is 0 Å². The fraction of sp³-hybridized carbons (Fsp3) is 0.250. The van der Waals surface area contributed by atoms with Crippen molar-refractivity contribution in [3.8, 4) is 0 Å². The van der Waals surface area contributed by atoms with Crippen LogP contribution in [0.2, 0.25) is 0 Å². The molecule has 2 aliphatic rings. The van der Waals surface area contributed by atoms with Crippen molar-refractivity contribution in [1.82, 2.24) is 0 Å². The molecule has 1 aliphatic heterocycles. The zero-order chi connectivity index (χ0) is 19.7. The first-order valence-electron chi connectivity index (χ1n) is 9.64. The Morgan fingerprint density at radius 3 is 2.25 bits per heavy atom. The zero-order valence-electron chi connectivity index (χ0n) is 16.1. The van der Waals surface area contributed by atoms with Gasteiger partial charge in [0.15, 0.2) is 11.6 Å². The third-order valence-electron chi connectivity index (χ3n) is 4.96. The number of hydrogen-bond acceptors (Lipinski definition) is 4. The molecule has 2 aromatic carbocycles. The smallest absolute Gasteiger partial charge is 0.169 e. The van der Waals surface area contributed by atoms with E-state index in [1.54, 1.807) is 11.8 Å². The van der Waals surface area contributed by atoms with E-state index in [-0.39, 0.29) is 11.6 Å². The van der Waals surface area contributed by atoms with E-state index in [0.717, 1.165) is 27.4 Å². The molecule has 0 spiro atoms. The molecule has 0 radical (unpaired) electrons. The van der Waals surface area contributed by atoms with Crippen LogP contribution in [0.4, 0.5) is 5.69 Å². The van der Waals surface area contributed by atoms with Crippen molar-refractivity contribution in [1.29, 1.82) is 0 Å². The van der Waals surface area contributed by atoms with Crippen LogP contribution in [-0.4, -0.2) is 16.8 Å². The number of carbonyl (C=O) groups excluding carboxylic acids is 2. The second-order valence-corrected chi connectivity index (χ2v) is 8.99. The highest BCUT2D eigenvalue weighted by atomic mass is 32.2. The molecule has 28 heavy (non-hydrogen) atoms. The van der Waals surface area contributed by atoms with Crippen molar-refractivity contribution in [2.24, 2.45) is 0 Å². The van der Waals surface area contributed by atoms with Gasteiger partial charge in [0.05, 0.1) is 11.3 Å². The summed E-state index contributed by atoms with van der Waals surface area (Å²) in [5.74, 6) is -0.0785. The van der Waals surface area contributed by atoms with Crippen LogP contribution in [0.3, 0.4) is 0 Å². The van der Waals surface area contributed by atoms with Gasteiger partial charge in [0.25, 0.3) is 0 Å². The summed E-state index contributed by atoms with van der Waals surface area (Å²) >= 11 is 1.77. The van der Waals surface area contributed by atoms with Crippen molar-refractivity contribution < 1.29 is 9.59 Å². The van der Waals surface area contributed by atoms with Gasteiger partial charge < -0.3 is 4.90 Å². The molecule has 0 saturated heterocycles. The summed E-state index contributed by atoms with van der Waals surface area (Å²) in [7, 11) is 0. The highest BCUT2D eigenvalue weighted by molar-refractivity contribution is 8.08. The van der Waals surface area contributed by atoms with Gasteiger partial charge in [-0.25, -0.2) is 0 Å². The second kappa shape index (κ2) is 7.80. The average molecular weight is 390 g/mol. The fourth-order valence-corrected chi connectivity index (χ4v) is 4.73. The molecule has 1 fully saturated rings. The van der Waals surface area contributed by atoms with Crippen molar-refractivity contribution in [2.75, 3.05) is 4.90 Å². The number of fused-ring (bicyclic) bond motifs is 1. The van der Waals surface area contributed by atoms with E-state index in [0.29, 0.717) is 30.2 Å². The summed E-state index contributed by atoms with van der Waals surface area (Å²) in [5, 5.41) is 0.404. The standard InChI is InChI=1S/C24H23NO2S/c1-16(2)28-23-14-20(24-21(26)12-13-22(24)27)25(15-17-8-4-3-5-9-17)19-11-7-6-10-18(19)23/h3-11,14,16H,12-13,15H2,1-2H3. The number of hydrogen-bond donors (Lipinski definition) is 0. The van der Waals surface area contributed by atoms with Crippen LogP contribution >= 0.6 is 11.8 Å². The highest BCUT2D eigenvalue weighted by Gasteiger charge is 2.34. The average Bonchev–Trinajstić information content (AvgIpc) is 3.02. The molecule has 0 bridgehead atoms. The second-order valence-electron chi connectivity index (χ2n) is 7.37. The van der Waals surface area contributed by atoms with Crippen LogP contribution in [-0.2, 0) is 16.1 Å². The number of thioether (sulfide) groups is 1. The van der Waals surface area contributed by atoms with E-state index in [4.69, 9.17) is 0 Å². The number of Topliss-reactive ketones (excluding diaryl/α,β-unsaturated/α-hetero) is 2. The topological polar surface area (TPSA) is 37.4 Å². The lowest BCUT2D eigenvalue weighted by Crippen LogP contribution is -2.28. The lowest BCUT2D eigenvalue weighted by Gasteiger charge is -2.34. The predicted octanol–water partition coefficient (Wildman–Crippen LogP) is 5.38. The minimum atomic E-state index is -0.0393. The molecule has 0 atom stereocenters. The minimum absolute atomic E-state index is 0.0393. The monoisotopic (exact) mass is 389 g/mol. The molecule has 0 N–H and O–H groups in total. The molecule has 4 heteroatoms. The third kappa shape index (κ3) is 3.57. The van der Waals surface area contributed by atoms with Crippen molar-refractivity contribution in [2.45, 2.75) is 38.5 Å². The Hall–Kier alpha value is -2.59. The number of rotatable bonds is 4. The van der Waals surface area contributed by atoms with E-state index in [9.17, 15) is 9.59 Å². The van der Waals surface area contributed by atoms with Gasteiger partial charge in [-0.15, -0.1) is 11.8 Å². The van der Waals surface area contributed by atoms with E-state index < -0.39 is 0 Å². The van der Waals surface area contributed by atoms with E-state index in [1.807, 2.05) is 36.4 Å². The van der Waals surface area contributed by atoms with Crippen LogP contribution in [0.15, 0.2) is 71.9 Å². The Bertz CT molecular complexity index is 971. The Balaban J connectivity index is 1.91. The first-order chi connectivity index (χ1) is 13.5. The van der Waals surface area contributed by atoms with Crippen LogP contribution in [0.5, 0.6) is 0 Å². The van der Waals surface area contributed by atoms with E-state index >= 15 is 0 Å². The van der Waals surface area contributed by atoms with Gasteiger partial charge in [-0.05, 0) is 17.7 Å². The quantitative estimate of drug-likeness (QED) is 0.520. The van der Waals surface area contributed by atoms with Gasteiger partial charge in [-0.1, -0.05) is 62.4 Å². The molecule has 1 saturated carbocycles. The molecular formula is C24H23NO2S. The summed E-state index contributed by atoms with van der Waals surface area (Å²) in [6, 6.07) is 18.4. The minimum Gasteiger partial charge on any atom is -0.336 e. The molecule has 4 rings (SSSR count). The van der Waals surface area contributed by atoms with Crippen LogP contribution < -0.4 is 4.90 Å². The SMILES string of the molecule is CC(C)SC1=CC(=C2C(=O)CCC2=O)N(Cc2ccccc2)c2ccccc21. The van der Waals surface area contributed by atoms with Gasteiger partial charge in [-0.3, -0.25) is 9.59 Å². The number of ketones is 2. The van der Waals surface area contributed by atoms with Crippen molar-refractivity contribution in [3.05, 3.63) is 83.1 Å². The van der Waals surface area contributed by atoms with Crippen LogP contribution in [0.25, 0.3) is 4.91 Å². The molecule has 1 aliphatic carbocycles. The maximum Gasteiger partial charge on any atom is 0.169 e. The number of para-hydroxylation sites is 1. The number of allylic oxidation sites excluding steroid dienone is 2. The van der Waals surface area contributed by atoms with Crippen LogP contribution in [0, 0.1) is 0 Å². The van der Waals surface area contributed by atoms with Gasteiger partial charge in [0.2, 0.25) is 0 Å². The molecule has 0 aromatic heterocycles. The maximum atomic E-state index is 12.6. The molecular weight excluding hydrogens is 366 g/mol. The van der Waals surface area contributed by atoms with Gasteiger partial charge >= 0.3 is 0 Å². The van der Waals surface area contributed by atoms with E-state index in [2.05, 4.69) is 43.0 Å². The number of benzene rings is 2. The molecule has 0 unspecified atom stereocenters. The summed E-state index contributed by atoms with van der Waals surface area (Å²) in [4.78, 5) is 28.4. The molecule has 142 valence electrons. The Labute approximate surface area is 170 Å². The third-order valence-corrected chi connectivity index (χ3v) is 6.02. The fourth-order valence-electron chi connectivity index (χ4n) is 3.74. The molecule has 3 nitrogen and oxygen atoms in total. The summed E-state index contributed by atoms with van der Waals surface area (Å²) in [6.07, 6.45) is 2.68. The largest absolute Gasteiger partial charge is 0.336 e. The summed E-state index contributed by atoms with van der Waals surface area (Å²) in [6.45, 7) is 4.93. The lowest BCUT2D eigenvalue weighted by molar-refractivity contribution is -0.116. The van der Waals surface area contributed by atoms with Crippen LogP contribution in [0.1, 0.15) is 37.8 Å². The normalized spacial score (nSPS) is 16.7. The molecule has 1 heterocycles.